The third-order valence-corrected chi connectivity index (χ3v) is 2.18. The number of hydrogen-bond donors (Lipinski definition) is 4. The lowest BCUT2D eigenvalue weighted by Crippen LogP contribution is -2.57. The lowest BCUT2D eigenvalue weighted by molar-refractivity contribution is -0.126. The number of rotatable bonds is 6. The summed E-state index contributed by atoms with van der Waals surface area (Å²) in [7, 11) is 0. The van der Waals surface area contributed by atoms with Crippen molar-refractivity contribution in [3.63, 3.8) is 0 Å². The molecule has 0 saturated carbocycles. The van der Waals surface area contributed by atoms with Crippen LogP contribution in [0.25, 0.3) is 0 Å². The second-order valence-corrected chi connectivity index (χ2v) is 3.51. The van der Waals surface area contributed by atoms with Crippen LogP contribution in [-0.2, 0) is 11.3 Å². The SMILES string of the molecule is O=C(Cn1cccn1)NC(CO)(CO)CO. The van der Waals surface area contributed by atoms with Crippen molar-refractivity contribution in [1.82, 2.24) is 15.1 Å². The average molecular weight is 229 g/mol. The molecule has 1 aromatic heterocycles. The Hall–Kier alpha value is -1.44. The van der Waals surface area contributed by atoms with E-state index in [4.69, 9.17) is 15.3 Å². The molecule has 0 atom stereocenters. The van der Waals surface area contributed by atoms with E-state index in [9.17, 15) is 4.79 Å². The highest BCUT2D eigenvalue weighted by atomic mass is 16.3. The largest absolute Gasteiger partial charge is 0.394 e. The van der Waals surface area contributed by atoms with Gasteiger partial charge in [-0.1, -0.05) is 0 Å². The molecule has 0 aliphatic carbocycles. The molecule has 4 N–H and O–H groups in total. The number of carbonyl (C=O) groups is 1. The molecule has 1 rings (SSSR count). The quantitative estimate of drug-likeness (QED) is 0.439. The number of carbonyl (C=O) groups excluding carboxylic acids is 1. The molecule has 0 aromatic carbocycles. The van der Waals surface area contributed by atoms with Crippen molar-refractivity contribution in [2.75, 3.05) is 19.8 Å². The molecule has 1 amide bonds. The molecule has 0 bridgehead atoms. The minimum Gasteiger partial charge on any atom is -0.394 e. The first-order valence-electron chi connectivity index (χ1n) is 4.77. The first-order valence-corrected chi connectivity index (χ1v) is 4.77. The van der Waals surface area contributed by atoms with E-state index in [1.54, 1.807) is 12.3 Å². The molecule has 16 heavy (non-hydrogen) atoms. The molecular weight excluding hydrogens is 214 g/mol. The Morgan fingerprint density at radius 3 is 2.38 bits per heavy atom. The highest BCUT2D eigenvalue weighted by Gasteiger charge is 2.29. The van der Waals surface area contributed by atoms with Gasteiger partial charge in [0.2, 0.25) is 5.91 Å². The zero-order valence-electron chi connectivity index (χ0n) is 8.70. The van der Waals surface area contributed by atoms with Gasteiger partial charge in [-0.05, 0) is 6.07 Å². The van der Waals surface area contributed by atoms with Gasteiger partial charge >= 0.3 is 0 Å². The van der Waals surface area contributed by atoms with Gasteiger partial charge in [-0.3, -0.25) is 9.48 Å². The van der Waals surface area contributed by atoms with E-state index in [1.807, 2.05) is 0 Å². The van der Waals surface area contributed by atoms with Gasteiger partial charge in [0.1, 0.15) is 12.1 Å². The minimum atomic E-state index is -1.38. The lowest BCUT2D eigenvalue weighted by atomic mass is 10.0. The fourth-order valence-electron chi connectivity index (χ4n) is 1.14. The van der Waals surface area contributed by atoms with Crippen molar-refractivity contribution in [1.29, 1.82) is 0 Å². The molecule has 0 fully saturated rings. The van der Waals surface area contributed by atoms with Crippen molar-refractivity contribution in [3.8, 4) is 0 Å². The Bertz CT molecular complexity index is 313. The van der Waals surface area contributed by atoms with Crippen LogP contribution in [0, 0.1) is 0 Å². The average Bonchev–Trinajstić information content (AvgIpc) is 2.79. The zero-order valence-corrected chi connectivity index (χ0v) is 8.70. The standard InChI is InChI=1S/C9H15N3O4/c13-5-9(6-14,7-15)11-8(16)4-12-3-1-2-10-12/h1-3,13-15H,4-7H2,(H,11,16). The fourth-order valence-corrected chi connectivity index (χ4v) is 1.14. The van der Waals surface area contributed by atoms with E-state index in [0.717, 1.165) is 0 Å². The summed E-state index contributed by atoms with van der Waals surface area (Å²) in [4.78, 5) is 11.5. The number of aliphatic hydroxyl groups is 3. The number of hydrogen-bond acceptors (Lipinski definition) is 5. The van der Waals surface area contributed by atoms with E-state index >= 15 is 0 Å². The van der Waals surface area contributed by atoms with Crippen molar-refractivity contribution in [2.24, 2.45) is 0 Å². The predicted molar refractivity (Wildman–Crippen MR) is 54.4 cm³/mol. The smallest absolute Gasteiger partial charge is 0.242 e. The number of nitrogens with zero attached hydrogens (tertiary/aromatic N) is 2. The molecule has 0 aliphatic rings. The maximum absolute atomic E-state index is 11.5. The fraction of sp³-hybridized carbons (Fsp3) is 0.556. The first kappa shape index (κ1) is 12.6. The lowest BCUT2D eigenvalue weighted by Gasteiger charge is -2.28. The van der Waals surface area contributed by atoms with Gasteiger partial charge < -0.3 is 20.6 Å². The van der Waals surface area contributed by atoms with Crippen molar-refractivity contribution in [3.05, 3.63) is 18.5 Å². The van der Waals surface area contributed by atoms with E-state index in [-0.39, 0.29) is 6.54 Å². The third-order valence-electron chi connectivity index (χ3n) is 2.18. The summed E-state index contributed by atoms with van der Waals surface area (Å²) in [5, 5.41) is 33.2. The van der Waals surface area contributed by atoms with Crippen molar-refractivity contribution in [2.45, 2.75) is 12.1 Å². The molecule has 0 unspecified atom stereocenters. The van der Waals surface area contributed by atoms with E-state index in [0.29, 0.717) is 0 Å². The molecule has 1 heterocycles. The van der Waals surface area contributed by atoms with Gasteiger partial charge in [-0.2, -0.15) is 5.10 Å². The Morgan fingerprint density at radius 1 is 1.31 bits per heavy atom. The maximum Gasteiger partial charge on any atom is 0.242 e. The second-order valence-electron chi connectivity index (χ2n) is 3.51. The summed E-state index contributed by atoms with van der Waals surface area (Å²) in [5.41, 5.74) is -1.38. The van der Waals surface area contributed by atoms with Crippen LogP contribution in [0.3, 0.4) is 0 Å². The summed E-state index contributed by atoms with van der Waals surface area (Å²) < 4.78 is 1.40. The molecule has 7 nitrogen and oxygen atoms in total. The summed E-state index contributed by atoms with van der Waals surface area (Å²) in [6.45, 7) is -1.64. The number of amides is 1. The number of aromatic nitrogens is 2. The van der Waals surface area contributed by atoms with Gasteiger partial charge in [-0.25, -0.2) is 0 Å². The summed E-state index contributed by atoms with van der Waals surface area (Å²) in [5.74, 6) is -0.444. The van der Waals surface area contributed by atoms with Crippen LogP contribution in [0.1, 0.15) is 0 Å². The van der Waals surface area contributed by atoms with Crippen LogP contribution in [0.4, 0.5) is 0 Å². The Balaban J connectivity index is 2.55. The van der Waals surface area contributed by atoms with Gasteiger partial charge in [0.15, 0.2) is 0 Å². The molecule has 0 saturated heterocycles. The molecule has 0 aliphatic heterocycles. The topological polar surface area (TPSA) is 108 Å². The van der Waals surface area contributed by atoms with Crippen molar-refractivity contribution < 1.29 is 20.1 Å². The van der Waals surface area contributed by atoms with Crippen LogP contribution in [-0.4, -0.2) is 56.4 Å². The van der Waals surface area contributed by atoms with Crippen LogP contribution in [0.15, 0.2) is 18.5 Å². The molecule has 0 radical (unpaired) electrons. The van der Waals surface area contributed by atoms with Gasteiger partial charge in [0.05, 0.1) is 19.8 Å². The van der Waals surface area contributed by atoms with Crippen LogP contribution >= 0.6 is 0 Å². The van der Waals surface area contributed by atoms with Crippen molar-refractivity contribution >= 4 is 5.91 Å². The monoisotopic (exact) mass is 229 g/mol. The predicted octanol–water partition coefficient (Wildman–Crippen LogP) is -2.28. The van der Waals surface area contributed by atoms with Gasteiger partial charge in [0.25, 0.3) is 0 Å². The highest BCUT2D eigenvalue weighted by Crippen LogP contribution is 2.01. The normalized spacial score (nSPS) is 11.4. The maximum atomic E-state index is 11.5. The number of nitrogens with one attached hydrogen (secondary N) is 1. The van der Waals surface area contributed by atoms with Gasteiger partial charge in [0, 0.05) is 12.4 Å². The highest BCUT2D eigenvalue weighted by molar-refractivity contribution is 5.76. The molecular formula is C9H15N3O4. The Labute approximate surface area is 92.3 Å². The zero-order chi connectivity index (χ0) is 12.0. The summed E-state index contributed by atoms with van der Waals surface area (Å²) >= 11 is 0. The molecule has 7 heteroatoms. The first-order chi connectivity index (χ1) is 7.65. The van der Waals surface area contributed by atoms with Crippen LogP contribution in [0.5, 0.6) is 0 Å². The molecule has 90 valence electrons. The number of aliphatic hydroxyl groups excluding tert-OH is 3. The Morgan fingerprint density at radius 2 is 1.94 bits per heavy atom. The molecule has 0 spiro atoms. The van der Waals surface area contributed by atoms with Gasteiger partial charge in [-0.15, -0.1) is 0 Å². The van der Waals surface area contributed by atoms with Crippen LogP contribution in [0.2, 0.25) is 0 Å². The summed E-state index contributed by atoms with van der Waals surface area (Å²) in [6, 6.07) is 1.67. The third kappa shape index (κ3) is 3.02. The van der Waals surface area contributed by atoms with Crippen LogP contribution < -0.4 is 5.32 Å². The van der Waals surface area contributed by atoms with E-state index in [2.05, 4.69) is 10.4 Å². The van der Waals surface area contributed by atoms with E-state index < -0.39 is 31.3 Å². The second kappa shape index (κ2) is 5.59. The van der Waals surface area contributed by atoms with E-state index in [1.165, 1.54) is 10.9 Å². The summed E-state index contributed by atoms with van der Waals surface area (Å²) in [6.07, 6.45) is 3.14. The minimum absolute atomic E-state index is 0.0330. The molecule has 1 aromatic rings. The Kier molecular flexibility index (Phi) is 4.41.